The molecule has 2 aliphatic rings. The van der Waals surface area contributed by atoms with E-state index in [2.05, 4.69) is 28.5 Å². The van der Waals surface area contributed by atoms with Crippen molar-refractivity contribution in [3.8, 4) is 0 Å². The third kappa shape index (κ3) is 6.29. The van der Waals surface area contributed by atoms with Gasteiger partial charge < -0.3 is 9.80 Å². The smallest absolute Gasteiger partial charge is 0.0303 e. The Labute approximate surface area is 139 Å². The van der Waals surface area contributed by atoms with Gasteiger partial charge in [0.25, 0.3) is 0 Å². The van der Waals surface area contributed by atoms with E-state index in [4.69, 9.17) is 6.58 Å². The summed E-state index contributed by atoms with van der Waals surface area (Å²) < 4.78 is 0. The third-order valence-corrected chi connectivity index (χ3v) is 4.96. The lowest BCUT2D eigenvalue weighted by Crippen LogP contribution is -2.48. The standard InChI is InChI=1S/C17H32N3.C2H6/c1-4-6-16(3)20-13-11-19(12-14-20)15-17-7-9-18(5-2)10-8-17;1-2/h3,17H,4-15H2,1-2H3;1-2H3. The Morgan fingerprint density at radius 3 is 2.00 bits per heavy atom. The molecule has 0 bridgehead atoms. The molecule has 1 radical (unpaired) electrons. The zero-order chi connectivity index (χ0) is 16.4. The lowest BCUT2D eigenvalue weighted by molar-refractivity contribution is 0.109. The van der Waals surface area contributed by atoms with Gasteiger partial charge in [-0.1, -0.05) is 34.1 Å². The topological polar surface area (TPSA) is 9.72 Å². The molecule has 2 aliphatic heterocycles. The summed E-state index contributed by atoms with van der Waals surface area (Å²) in [5.74, 6) is 0.918. The zero-order valence-corrected chi connectivity index (χ0v) is 15.5. The van der Waals surface area contributed by atoms with Crippen molar-refractivity contribution in [2.24, 2.45) is 5.92 Å². The maximum absolute atomic E-state index is 6.14. The van der Waals surface area contributed by atoms with Crippen molar-refractivity contribution in [1.29, 1.82) is 0 Å². The predicted molar refractivity (Wildman–Crippen MR) is 96.9 cm³/mol. The lowest BCUT2D eigenvalue weighted by atomic mass is 9.96. The first kappa shape index (κ1) is 19.5. The highest BCUT2D eigenvalue weighted by Gasteiger charge is 2.23. The molecular weight excluding hydrogens is 270 g/mol. The number of likely N-dealkylation sites (tertiary alicyclic amines) is 1. The number of hydrogen-bond donors (Lipinski definition) is 0. The Hall–Kier alpha value is -0.540. The summed E-state index contributed by atoms with van der Waals surface area (Å²) in [4.78, 5) is 7.62. The Balaban J connectivity index is 0.00000116. The summed E-state index contributed by atoms with van der Waals surface area (Å²) in [5.41, 5.74) is 1.10. The maximum atomic E-state index is 6.14. The first-order chi connectivity index (χ1) is 10.7. The SMILES string of the molecule is CC.[CH]=C(CCC)N1CCN(CC2CCN(CC)CC2)CC1. The van der Waals surface area contributed by atoms with Crippen LogP contribution in [0, 0.1) is 12.5 Å². The van der Waals surface area contributed by atoms with E-state index in [1.165, 1.54) is 52.1 Å². The van der Waals surface area contributed by atoms with Gasteiger partial charge in [-0.15, -0.1) is 0 Å². The summed E-state index contributed by atoms with van der Waals surface area (Å²) in [6, 6.07) is 0. The number of piperidine rings is 1. The molecule has 0 saturated carbocycles. The van der Waals surface area contributed by atoms with E-state index in [9.17, 15) is 0 Å². The van der Waals surface area contributed by atoms with E-state index in [0.29, 0.717) is 0 Å². The summed E-state index contributed by atoms with van der Waals surface area (Å²) in [6.07, 6.45) is 4.98. The second kappa shape index (κ2) is 11.1. The molecule has 22 heavy (non-hydrogen) atoms. The van der Waals surface area contributed by atoms with Crippen molar-refractivity contribution in [1.82, 2.24) is 14.7 Å². The molecule has 0 unspecified atom stereocenters. The van der Waals surface area contributed by atoms with E-state index in [1.807, 2.05) is 13.8 Å². The summed E-state index contributed by atoms with van der Waals surface area (Å²) in [7, 11) is 0. The van der Waals surface area contributed by atoms with Crippen LogP contribution in [0.4, 0.5) is 0 Å². The number of piperazine rings is 1. The molecule has 0 amide bonds. The predicted octanol–water partition coefficient (Wildman–Crippen LogP) is 3.48. The minimum Gasteiger partial charge on any atom is -0.372 e. The number of rotatable bonds is 6. The number of allylic oxidation sites excluding steroid dienone is 1. The molecular formula is C19H38N3. The van der Waals surface area contributed by atoms with Crippen LogP contribution in [-0.4, -0.2) is 67.1 Å². The van der Waals surface area contributed by atoms with E-state index >= 15 is 0 Å². The second-order valence-electron chi connectivity index (χ2n) is 6.41. The summed E-state index contributed by atoms with van der Waals surface area (Å²) >= 11 is 0. The molecule has 3 heteroatoms. The molecule has 2 fully saturated rings. The van der Waals surface area contributed by atoms with Gasteiger partial charge in [0.2, 0.25) is 0 Å². The van der Waals surface area contributed by atoms with Crippen LogP contribution < -0.4 is 0 Å². The van der Waals surface area contributed by atoms with Gasteiger partial charge in [0.05, 0.1) is 0 Å². The van der Waals surface area contributed by atoms with Crippen LogP contribution in [0.2, 0.25) is 0 Å². The molecule has 2 saturated heterocycles. The first-order valence-corrected chi connectivity index (χ1v) is 9.53. The van der Waals surface area contributed by atoms with Crippen LogP contribution in [0.1, 0.15) is 53.4 Å². The summed E-state index contributed by atoms with van der Waals surface area (Å²) in [5, 5.41) is 0. The van der Waals surface area contributed by atoms with Crippen molar-refractivity contribution < 1.29 is 0 Å². The van der Waals surface area contributed by atoms with Crippen LogP contribution in [0.15, 0.2) is 5.70 Å². The molecule has 2 rings (SSSR count). The fourth-order valence-corrected chi connectivity index (χ4v) is 3.48. The van der Waals surface area contributed by atoms with Gasteiger partial charge in [-0.25, -0.2) is 0 Å². The molecule has 0 N–H and O–H groups in total. The van der Waals surface area contributed by atoms with E-state index in [-0.39, 0.29) is 0 Å². The van der Waals surface area contributed by atoms with E-state index < -0.39 is 0 Å². The molecule has 0 spiro atoms. The van der Waals surface area contributed by atoms with Gasteiger partial charge in [-0.2, -0.15) is 0 Å². The van der Waals surface area contributed by atoms with Crippen molar-refractivity contribution in [2.45, 2.75) is 53.4 Å². The minimum absolute atomic E-state index is 0.918. The van der Waals surface area contributed by atoms with E-state index in [0.717, 1.165) is 37.5 Å². The first-order valence-electron chi connectivity index (χ1n) is 9.53. The minimum atomic E-state index is 0.918. The lowest BCUT2D eigenvalue weighted by Gasteiger charge is -2.40. The molecule has 0 aromatic carbocycles. The molecule has 0 aliphatic carbocycles. The molecule has 0 aromatic heterocycles. The third-order valence-electron chi connectivity index (χ3n) is 4.96. The monoisotopic (exact) mass is 308 g/mol. The highest BCUT2D eigenvalue weighted by Crippen LogP contribution is 2.20. The maximum Gasteiger partial charge on any atom is 0.0303 e. The molecule has 0 atom stereocenters. The van der Waals surface area contributed by atoms with Crippen LogP contribution in [0.5, 0.6) is 0 Å². The van der Waals surface area contributed by atoms with E-state index in [1.54, 1.807) is 0 Å². The van der Waals surface area contributed by atoms with Crippen LogP contribution in [0.25, 0.3) is 0 Å². The Morgan fingerprint density at radius 2 is 1.50 bits per heavy atom. The molecule has 129 valence electrons. The Bertz CT molecular complexity index is 287. The average molecular weight is 309 g/mol. The van der Waals surface area contributed by atoms with Crippen LogP contribution in [0.3, 0.4) is 0 Å². The highest BCUT2D eigenvalue weighted by atomic mass is 15.3. The van der Waals surface area contributed by atoms with Gasteiger partial charge in [0.15, 0.2) is 0 Å². The quantitative estimate of drug-likeness (QED) is 0.744. The second-order valence-corrected chi connectivity index (χ2v) is 6.41. The summed E-state index contributed by atoms with van der Waals surface area (Å²) in [6.45, 7) is 24.4. The van der Waals surface area contributed by atoms with Gasteiger partial charge in [-0.05, 0) is 51.4 Å². The van der Waals surface area contributed by atoms with Crippen molar-refractivity contribution in [2.75, 3.05) is 52.4 Å². The van der Waals surface area contributed by atoms with Crippen LogP contribution in [-0.2, 0) is 0 Å². The fourth-order valence-electron chi connectivity index (χ4n) is 3.48. The number of hydrogen-bond acceptors (Lipinski definition) is 3. The van der Waals surface area contributed by atoms with Gasteiger partial charge in [-0.3, -0.25) is 4.90 Å². The van der Waals surface area contributed by atoms with Gasteiger partial charge in [0, 0.05) is 38.4 Å². The normalized spacial score (nSPS) is 21.4. The largest absolute Gasteiger partial charge is 0.372 e. The number of nitrogens with zero attached hydrogens (tertiary/aromatic N) is 3. The highest BCUT2D eigenvalue weighted by molar-refractivity contribution is 4.93. The van der Waals surface area contributed by atoms with Crippen LogP contribution >= 0.6 is 0 Å². The Kier molecular flexibility index (Phi) is 9.81. The molecule has 2 heterocycles. The zero-order valence-electron chi connectivity index (χ0n) is 15.5. The van der Waals surface area contributed by atoms with Crippen molar-refractivity contribution >= 4 is 0 Å². The fraction of sp³-hybridized carbons (Fsp3) is 0.895. The van der Waals surface area contributed by atoms with Gasteiger partial charge >= 0.3 is 0 Å². The average Bonchev–Trinajstić information content (AvgIpc) is 2.58. The molecule has 3 nitrogen and oxygen atoms in total. The van der Waals surface area contributed by atoms with Gasteiger partial charge in [0.1, 0.15) is 0 Å². The van der Waals surface area contributed by atoms with Crippen molar-refractivity contribution in [3.05, 3.63) is 12.3 Å². The molecule has 0 aromatic rings. The Morgan fingerprint density at radius 1 is 0.909 bits per heavy atom. The van der Waals surface area contributed by atoms with Crippen molar-refractivity contribution in [3.63, 3.8) is 0 Å².